The third-order valence-corrected chi connectivity index (χ3v) is 11.5. The van der Waals surface area contributed by atoms with Crippen LogP contribution in [0.1, 0.15) is 205 Å². The molecule has 0 heterocycles. The molecule has 0 atom stereocenters. The van der Waals surface area contributed by atoms with E-state index in [0.29, 0.717) is 17.6 Å². The second-order valence-electron chi connectivity index (χ2n) is 18.0. The normalized spacial score (nSPS) is 15.9. The third kappa shape index (κ3) is 28.3. The highest BCUT2D eigenvalue weighted by atomic mass is 16.1. The SMILES string of the molecule is CC(C)=CCCC(C)=CCCC(C)=CCCC(C)=CCCC(C)=CCCC(C)=CCCC(C)=CCCC(C)=CCCC(C)=CCCC(C)=CCC1=C(C)C(=O)C=CC1=O. The van der Waals surface area contributed by atoms with Crippen molar-refractivity contribution in [2.75, 3.05) is 0 Å². The lowest BCUT2D eigenvalue weighted by Gasteiger charge is -2.10. The maximum Gasteiger partial charge on any atom is 0.182 e. The predicted molar refractivity (Wildman–Crippen MR) is 263 cm³/mol. The molecule has 1 aliphatic carbocycles. The molecule has 0 bridgehead atoms. The predicted octanol–water partition coefficient (Wildman–Crippen LogP) is 17.9. The first-order valence-corrected chi connectivity index (χ1v) is 23.1. The van der Waals surface area contributed by atoms with Gasteiger partial charge >= 0.3 is 0 Å². The van der Waals surface area contributed by atoms with Crippen LogP contribution in [0.15, 0.2) is 140 Å². The molecular formula is C57H86O2. The fourth-order valence-corrected chi connectivity index (χ4v) is 7.12. The van der Waals surface area contributed by atoms with Crippen LogP contribution in [-0.4, -0.2) is 11.6 Å². The summed E-state index contributed by atoms with van der Waals surface area (Å²) in [5, 5.41) is 0. The molecule has 0 saturated heterocycles. The molecular weight excluding hydrogens is 717 g/mol. The molecule has 0 aromatic rings. The van der Waals surface area contributed by atoms with E-state index in [1.165, 1.54) is 87.1 Å². The van der Waals surface area contributed by atoms with Gasteiger partial charge in [0.15, 0.2) is 11.6 Å². The zero-order chi connectivity index (χ0) is 44.0. The monoisotopic (exact) mass is 803 g/mol. The van der Waals surface area contributed by atoms with Gasteiger partial charge < -0.3 is 0 Å². The van der Waals surface area contributed by atoms with Gasteiger partial charge in [-0.25, -0.2) is 0 Å². The number of allylic oxidation sites excluding steroid dienone is 24. The van der Waals surface area contributed by atoms with Crippen LogP contribution in [0.3, 0.4) is 0 Å². The number of carbonyl (C=O) groups excluding carboxylic acids is 2. The van der Waals surface area contributed by atoms with Gasteiger partial charge in [0.05, 0.1) is 0 Å². The number of carbonyl (C=O) groups is 2. The van der Waals surface area contributed by atoms with Gasteiger partial charge in [-0.2, -0.15) is 0 Å². The van der Waals surface area contributed by atoms with Crippen molar-refractivity contribution in [3.63, 3.8) is 0 Å². The Balaban J connectivity index is 2.25. The van der Waals surface area contributed by atoms with E-state index in [0.717, 1.165) is 96.3 Å². The Bertz CT molecular complexity index is 1700. The van der Waals surface area contributed by atoms with Gasteiger partial charge in [-0.1, -0.05) is 116 Å². The molecule has 0 unspecified atom stereocenters. The van der Waals surface area contributed by atoms with Crippen LogP contribution in [0.4, 0.5) is 0 Å². The van der Waals surface area contributed by atoms with Crippen LogP contribution in [0, 0.1) is 0 Å². The van der Waals surface area contributed by atoms with E-state index in [4.69, 9.17) is 0 Å². The van der Waals surface area contributed by atoms with E-state index >= 15 is 0 Å². The molecule has 0 amide bonds. The number of hydrogen-bond donors (Lipinski definition) is 0. The van der Waals surface area contributed by atoms with Gasteiger partial charge in [0.1, 0.15) is 0 Å². The molecule has 0 N–H and O–H groups in total. The molecule has 59 heavy (non-hydrogen) atoms. The highest BCUT2D eigenvalue weighted by molar-refractivity contribution is 6.19. The number of rotatable bonds is 29. The zero-order valence-corrected chi connectivity index (χ0v) is 40.2. The van der Waals surface area contributed by atoms with Crippen LogP contribution < -0.4 is 0 Å². The minimum atomic E-state index is -0.0516. The average molecular weight is 803 g/mol. The molecule has 0 fully saturated rings. The Morgan fingerprint density at radius 3 is 0.814 bits per heavy atom. The van der Waals surface area contributed by atoms with E-state index in [1.807, 2.05) is 0 Å². The molecule has 1 aliphatic rings. The first kappa shape index (κ1) is 53.2. The largest absolute Gasteiger partial charge is 0.290 e. The fraction of sp³-hybridized carbons (Fsp3) is 0.544. The summed E-state index contributed by atoms with van der Waals surface area (Å²) >= 11 is 0. The lowest BCUT2D eigenvalue weighted by molar-refractivity contribution is -0.115. The minimum absolute atomic E-state index is 0.0371. The first-order chi connectivity index (χ1) is 28.1. The van der Waals surface area contributed by atoms with Gasteiger partial charge in [-0.05, 0) is 217 Å². The van der Waals surface area contributed by atoms with E-state index in [1.54, 1.807) is 6.92 Å². The van der Waals surface area contributed by atoms with Gasteiger partial charge in [0, 0.05) is 11.1 Å². The van der Waals surface area contributed by atoms with Gasteiger partial charge in [-0.3, -0.25) is 9.59 Å². The van der Waals surface area contributed by atoms with E-state index in [2.05, 4.69) is 137 Å². The zero-order valence-electron chi connectivity index (χ0n) is 40.2. The van der Waals surface area contributed by atoms with E-state index in [-0.39, 0.29) is 11.6 Å². The summed E-state index contributed by atoms with van der Waals surface area (Å²) in [5.74, 6) is -0.0887. The number of hydrogen-bond acceptors (Lipinski definition) is 2. The van der Waals surface area contributed by atoms with Gasteiger partial charge in [-0.15, -0.1) is 0 Å². The maximum absolute atomic E-state index is 12.1. The van der Waals surface area contributed by atoms with Crippen molar-refractivity contribution in [3.05, 3.63) is 140 Å². The van der Waals surface area contributed by atoms with Crippen molar-refractivity contribution in [3.8, 4) is 0 Å². The maximum atomic E-state index is 12.1. The van der Waals surface area contributed by atoms with Crippen molar-refractivity contribution in [1.29, 1.82) is 0 Å². The molecule has 0 saturated carbocycles. The third-order valence-electron chi connectivity index (χ3n) is 11.5. The van der Waals surface area contributed by atoms with Crippen molar-refractivity contribution < 1.29 is 9.59 Å². The highest BCUT2D eigenvalue weighted by Crippen LogP contribution is 2.21. The van der Waals surface area contributed by atoms with Gasteiger partial charge in [0.25, 0.3) is 0 Å². The summed E-state index contributed by atoms with van der Waals surface area (Å²) in [7, 11) is 0. The minimum Gasteiger partial charge on any atom is -0.290 e. The van der Waals surface area contributed by atoms with Crippen molar-refractivity contribution in [1.82, 2.24) is 0 Å². The Morgan fingerprint density at radius 2 is 0.559 bits per heavy atom. The molecule has 326 valence electrons. The van der Waals surface area contributed by atoms with Crippen LogP contribution in [0.25, 0.3) is 0 Å². The summed E-state index contributed by atoms with van der Waals surface area (Å²) in [5.41, 5.74) is 15.9. The summed E-state index contributed by atoms with van der Waals surface area (Å²) in [4.78, 5) is 24.0. The quantitative estimate of drug-likeness (QED) is 0.0558. The van der Waals surface area contributed by atoms with Crippen LogP contribution in [-0.2, 0) is 9.59 Å². The first-order valence-electron chi connectivity index (χ1n) is 23.1. The smallest absolute Gasteiger partial charge is 0.182 e. The molecule has 0 aromatic heterocycles. The summed E-state index contributed by atoms with van der Waals surface area (Å²) in [6, 6.07) is 0. The molecule has 0 aromatic carbocycles. The molecule has 0 spiro atoms. The molecule has 1 rings (SSSR count). The lowest BCUT2D eigenvalue weighted by atomic mass is 9.93. The molecule has 2 heteroatoms. The average Bonchev–Trinajstić information content (AvgIpc) is 3.16. The van der Waals surface area contributed by atoms with Crippen LogP contribution in [0.5, 0.6) is 0 Å². The Morgan fingerprint density at radius 1 is 0.339 bits per heavy atom. The number of ketones is 2. The molecule has 0 radical (unpaired) electrons. The Labute approximate surface area is 364 Å². The highest BCUT2D eigenvalue weighted by Gasteiger charge is 2.17. The van der Waals surface area contributed by atoms with Crippen molar-refractivity contribution >= 4 is 11.6 Å². The summed E-state index contributed by atoms with van der Waals surface area (Å²) in [6.07, 6.45) is 47.5. The van der Waals surface area contributed by atoms with Crippen LogP contribution >= 0.6 is 0 Å². The summed E-state index contributed by atoms with van der Waals surface area (Å²) < 4.78 is 0. The Kier molecular flexibility index (Phi) is 28.9. The van der Waals surface area contributed by atoms with Crippen LogP contribution in [0.2, 0.25) is 0 Å². The molecule has 2 nitrogen and oxygen atoms in total. The Hall–Kier alpha value is -3.78. The van der Waals surface area contributed by atoms with Crippen molar-refractivity contribution in [2.45, 2.75) is 205 Å². The second kappa shape index (κ2) is 32.1. The standard InChI is InChI=1S/C57H86O2/c1-44(2)22-13-23-45(3)24-14-25-46(4)26-15-27-47(5)28-16-29-48(6)30-17-31-49(7)32-18-33-50(8)34-19-35-51(9)36-20-37-52(10)38-21-39-53(11)40-41-55-54(12)56(58)42-43-57(55)59/h22,24,26,28,30,32,34,36,38,40,42-43H,13-21,23,25,27,29,31,33,35,37,39,41H2,1-12H3. The molecule has 0 aliphatic heterocycles. The van der Waals surface area contributed by atoms with E-state index < -0.39 is 0 Å². The summed E-state index contributed by atoms with van der Waals surface area (Å²) in [6.45, 7) is 26.5. The second-order valence-corrected chi connectivity index (χ2v) is 18.0. The van der Waals surface area contributed by atoms with Crippen molar-refractivity contribution in [2.24, 2.45) is 0 Å². The van der Waals surface area contributed by atoms with E-state index in [9.17, 15) is 9.59 Å². The lowest BCUT2D eigenvalue weighted by Crippen LogP contribution is -2.12. The van der Waals surface area contributed by atoms with Gasteiger partial charge in [0.2, 0.25) is 0 Å². The fourth-order valence-electron chi connectivity index (χ4n) is 7.12. The topological polar surface area (TPSA) is 34.1 Å².